The van der Waals surface area contributed by atoms with E-state index in [1.54, 1.807) is 6.92 Å². The number of hydrogen-bond acceptors (Lipinski definition) is 3. The molecule has 0 aliphatic carbocycles. The number of nitrogens with two attached hydrogens (primary N) is 1. The van der Waals surface area contributed by atoms with Gasteiger partial charge in [0.15, 0.2) is 0 Å². The second-order valence-corrected chi connectivity index (χ2v) is 4.32. The molecule has 4 nitrogen and oxygen atoms in total. The summed E-state index contributed by atoms with van der Waals surface area (Å²) in [6.07, 6.45) is 0. The normalized spacial score (nSPS) is 19.7. The topological polar surface area (TPSA) is 58.4 Å². The summed E-state index contributed by atoms with van der Waals surface area (Å²) in [5.41, 5.74) is 5.70. The van der Waals surface area contributed by atoms with Crippen molar-refractivity contribution in [2.24, 2.45) is 5.73 Å². The van der Waals surface area contributed by atoms with Crippen molar-refractivity contribution in [3.63, 3.8) is 0 Å². The Labute approximate surface area is 79.5 Å². The van der Waals surface area contributed by atoms with E-state index < -0.39 is 0 Å². The molecule has 0 radical (unpaired) electrons. The molecule has 1 aliphatic rings. The summed E-state index contributed by atoms with van der Waals surface area (Å²) in [6.45, 7) is 8.29. The maximum Gasteiger partial charge on any atom is 0.217 e. The van der Waals surface area contributed by atoms with Crippen molar-refractivity contribution in [3.05, 3.63) is 0 Å². The van der Waals surface area contributed by atoms with E-state index >= 15 is 0 Å². The third kappa shape index (κ3) is 2.42. The van der Waals surface area contributed by atoms with Gasteiger partial charge in [0.25, 0.3) is 0 Å². The van der Waals surface area contributed by atoms with Crippen LogP contribution in [0.3, 0.4) is 0 Å². The zero-order chi connectivity index (χ0) is 10.1. The summed E-state index contributed by atoms with van der Waals surface area (Å²) in [5.74, 6) is 0.0511. The highest BCUT2D eigenvalue weighted by atomic mass is 16.1. The number of hydrogen-bond donors (Lipinski definition) is 2. The maximum atomic E-state index is 10.7. The van der Waals surface area contributed by atoms with E-state index in [1.165, 1.54) is 0 Å². The van der Waals surface area contributed by atoms with E-state index in [9.17, 15) is 4.79 Å². The highest BCUT2D eigenvalue weighted by Crippen LogP contribution is 2.20. The molecule has 0 atom stereocenters. The number of amides is 1. The molecule has 1 amide bonds. The first-order valence-electron chi connectivity index (χ1n) is 4.68. The molecular formula is C9H19N3O. The molecule has 3 N–H and O–H groups in total. The van der Waals surface area contributed by atoms with Crippen molar-refractivity contribution >= 4 is 5.91 Å². The second kappa shape index (κ2) is 3.64. The molecular weight excluding hydrogens is 166 g/mol. The highest BCUT2D eigenvalue weighted by Gasteiger charge is 2.36. The van der Waals surface area contributed by atoms with Gasteiger partial charge in [0.2, 0.25) is 5.91 Å². The largest absolute Gasteiger partial charge is 0.351 e. The molecule has 0 aromatic carbocycles. The van der Waals surface area contributed by atoms with E-state index in [1.807, 2.05) is 0 Å². The van der Waals surface area contributed by atoms with Crippen LogP contribution in [-0.4, -0.2) is 42.0 Å². The Hall–Kier alpha value is -0.610. The molecule has 1 heterocycles. The van der Waals surface area contributed by atoms with Crippen LogP contribution in [-0.2, 0) is 4.79 Å². The summed E-state index contributed by atoms with van der Waals surface area (Å²) in [6, 6.07) is 0.323. The quantitative estimate of drug-likeness (QED) is 0.626. The molecule has 0 saturated carbocycles. The minimum Gasteiger partial charge on any atom is -0.351 e. The standard InChI is InChI=1S/C9H19N3O/c1-7(13)11-8-4-12(5-8)9(2,3)6-10/h8H,4-6,10H2,1-3H3,(H,11,13). The first kappa shape index (κ1) is 10.5. The SMILES string of the molecule is CC(=O)NC1CN(C(C)(C)CN)C1. The molecule has 1 aliphatic heterocycles. The first-order valence-corrected chi connectivity index (χ1v) is 4.68. The van der Waals surface area contributed by atoms with Crippen LogP contribution in [0.4, 0.5) is 0 Å². The van der Waals surface area contributed by atoms with Gasteiger partial charge in [0, 0.05) is 32.1 Å². The molecule has 0 aromatic rings. The Balaban J connectivity index is 2.29. The third-order valence-electron chi connectivity index (χ3n) is 2.64. The fraction of sp³-hybridized carbons (Fsp3) is 0.889. The lowest BCUT2D eigenvalue weighted by Gasteiger charge is -2.48. The van der Waals surface area contributed by atoms with Crippen molar-refractivity contribution in [1.82, 2.24) is 10.2 Å². The molecule has 0 unspecified atom stereocenters. The zero-order valence-electron chi connectivity index (χ0n) is 8.63. The Morgan fingerprint density at radius 1 is 1.62 bits per heavy atom. The van der Waals surface area contributed by atoms with Gasteiger partial charge in [-0.05, 0) is 13.8 Å². The Morgan fingerprint density at radius 2 is 2.15 bits per heavy atom. The van der Waals surface area contributed by atoms with Crippen LogP contribution < -0.4 is 11.1 Å². The molecule has 0 bridgehead atoms. The molecule has 4 heteroatoms. The van der Waals surface area contributed by atoms with Crippen molar-refractivity contribution < 1.29 is 4.79 Å². The molecule has 1 saturated heterocycles. The van der Waals surface area contributed by atoms with Crippen molar-refractivity contribution in [2.45, 2.75) is 32.4 Å². The van der Waals surface area contributed by atoms with Gasteiger partial charge in [0.05, 0.1) is 6.04 Å². The van der Waals surface area contributed by atoms with Crippen molar-refractivity contribution in [3.8, 4) is 0 Å². The van der Waals surface area contributed by atoms with Gasteiger partial charge in [0.1, 0.15) is 0 Å². The van der Waals surface area contributed by atoms with Gasteiger partial charge in [-0.15, -0.1) is 0 Å². The van der Waals surface area contributed by atoms with E-state index in [-0.39, 0.29) is 11.4 Å². The van der Waals surface area contributed by atoms with E-state index in [0.29, 0.717) is 12.6 Å². The van der Waals surface area contributed by atoms with E-state index in [2.05, 4.69) is 24.1 Å². The lowest BCUT2D eigenvalue weighted by atomic mass is 9.96. The van der Waals surface area contributed by atoms with E-state index in [0.717, 1.165) is 13.1 Å². The van der Waals surface area contributed by atoms with Crippen LogP contribution in [0.5, 0.6) is 0 Å². The van der Waals surface area contributed by atoms with Crippen LogP contribution in [0, 0.1) is 0 Å². The van der Waals surface area contributed by atoms with Gasteiger partial charge in [-0.25, -0.2) is 0 Å². The number of carbonyl (C=O) groups excluding carboxylic acids is 1. The summed E-state index contributed by atoms with van der Waals surface area (Å²) < 4.78 is 0. The predicted octanol–water partition coefficient (Wildman–Crippen LogP) is -0.456. The maximum absolute atomic E-state index is 10.7. The van der Waals surface area contributed by atoms with Gasteiger partial charge < -0.3 is 11.1 Å². The third-order valence-corrected chi connectivity index (χ3v) is 2.64. The number of carbonyl (C=O) groups is 1. The average Bonchev–Trinajstić information content (AvgIpc) is 1.95. The Bertz CT molecular complexity index is 197. The van der Waals surface area contributed by atoms with Crippen LogP contribution in [0.2, 0.25) is 0 Å². The van der Waals surface area contributed by atoms with Gasteiger partial charge >= 0.3 is 0 Å². The summed E-state index contributed by atoms with van der Waals surface area (Å²) in [7, 11) is 0. The molecule has 76 valence electrons. The smallest absolute Gasteiger partial charge is 0.217 e. The van der Waals surface area contributed by atoms with Gasteiger partial charge in [-0.2, -0.15) is 0 Å². The highest BCUT2D eigenvalue weighted by molar-refractivity contribution is 5.73. The van der Waals surface area contributed by atoms with Crippen molar-refractivity contribution in [2.75, 3.05) is 19.6 Å². The fourth-order valence-electron chi connectivity index (χ4n) is 1.48. The zero-order valence-corrected chi connectivity index (χ0v) is 8.63. The summed E-state index contributed by atoms with van der Waals surface area (Å²) in [4.78, 5) is 13.0. The lowest BCUT2D eigenvalue weighted by molar-refractivity contribution is -0.121. The first-order chi connectivity index (χ1) is 5.95. The molecule has 1 rings (SSSR count). The fourth-order valence-corrected chi connectivity index (χ4v) is 1.48. The molecule has 13 heavy (non-hydrogen) atoms. The number of nitrogens with zero attached hydrogens (tertiary/aromatic N) is 1. The Morgan fingerprint density at radius 3 is 2.54 bits per heavy atom. The van der Waals surface area contributed by atoms with Crippen LogP contribution in [0.25, 0.3) is 0 Å². The number of likely N-dealkylation sites (tertiary alicyclic amines) is 1. The van der Waals surface area contributed by atoms with Crippen LogP contribution >= 0.6 is 0 Å². The van der Waals surface area contributed by atoms with E-state index in [4.69, 9.17) is 5.73 Å². The van der Waals surface area contributed by atoms with Crippen LogP contribution in [0.15, 0.2) is 0 Å². The Kier molecular flexibility index (Phi) is 2.93. The van der Waals surface area contributed by atoms with Crippen molar-refractivity contribution in [1.29, 1.82) is 0 Å². The summed E-state index contributed by atoms with van der Waals surface area (Å²) in [5, 5.41) is 2.88. The minimum atomic E-state index is 0.0511. The number of nitrogens with one attached hydrogen (secondary N) is 1. The number of rotatable bonds is 3. The monoisotopic (exact) mass is 185 g/mol. The minimum absolute atomic E-state index is 0.0511. The summed E-state index contributed by atoms with van der Waals surface area (Å²) >= 11 is 0. The van der Waals surface area contributed by atoms with Crippen LogP contribution in [0.1, 0.15) is 20.8 Å². The molecule has 0 aromatic heterocycles. The second-order valence-electron chi connectivity index (χ2n) is 4.32. The van der Waals surface area contributed by atoms with Gasteiger partial charge in [-0.3, -0.25) is 9.69 Å². The lowest BCUT2D eigenvalue weighted by Crippen LogP contribution is -2.66. The molecule has 1 fully saturated rings. The predicted molar refractivity (Wildman–Crippen MR) is 52.3 cm³/mol. The van der Waals surface area contributed by atoms with Gasteiger partial charge in [-0.1, -0.05) is 0 Å². The average molecular weight is 185 g/mol. The molecule has 0 spiro atoms.